The van der Waals surface area contributed by atoms with Gasteiger partial charge in [0, 0.05) is 28.9 Å². The molecule has 9 rings (SSSR count). The molecule has 0 amide bonds. The van der Waals surface area contributed by atoms with Gasteiger partial charge in [0.1, 0.15) is 0 Å². The summed E-state index contributed by atoms with van der Waals surface area (Å²) in [5.41, 5.74) is 22.1. The van der Waals surface area contributed by atoms with Gasteiger partial charge in [0.05, 0.1) is 0 Å². The highest BCUT2D eigenvalue weighted by atomic mass is 32.1. The van der Waals surface area contributed by atoms with Gasteiger partial charge in [0.25, 0.3) is 13.4 Å². The first-order chi connectivity index (χ1) is 28.6. The van der Waals surface area contributed by atoms with E-state index in [1.54, 1.807) is 0 Å². The van der Waals surface area contributed by atoms with Crippen LogP contribution in [-0.2, 0) is 0 Å². The van der Waals surface area contributed by atoms with Crippen molar-refractivity contribution in [2.24, 2.45) is 0 Å². The molecule has 5 aromatic carbocycles. The monoisotopic (exact) mass is 850 g/mol. The molecule has 298 valence electrons. The van der Waals surface area contributed by atoms with Crippen molar-refractivity contribution in [2.75, 3.05) is 0 Å². The minimum absolute atomic E-state index is 0.200. The molecule has 0 nitrogen and oxygen atoms in total. The number of benzene rings is 5. The van der Waals surface area contributed by atoms with Gasteiger partial charge in [-0.2, -0.15) is 0 Å². The average Bonchev–Trinajstić information content (AvgIpc) is 3.97. The summed E-state index contributed by atoms with van der Waals surface area (Å²) in [4.78, 5) is 5.41. The molecule has 0 aliphatic carbocycles. The Morgan fingerprint density at radius 2 is 0.550 bits per heavy atom. The second-order valence-electron chi connectivity index (χ2n) is 17.7. The Morgan fingerprint density at radius 1 is 0.283 bits per heavy atom. The van der Waals surface area contributed by atoms with Crippen molar-refractivity contribution in [1.29, 1.82) is 0 Å². The third-order valence-corrected chi connectivity index (χ3v) is 17.5. The van der Waals surface area contributed by atoms with Gasteiger partial charge in [-0.3, -0.25) is 0 Å². The Balaban J connectivity index is 1.07. The molecule has 0 aliphatic heterocycles. The van der Waals surface area contributed by atoms with Crippen molar-refractivity contribution in [2.45, 2.75) is 83.1 Å². The van der Waals surface area contributed by atoms with E-state index in [2.05, 4.69) is 180 Å². The lowest BCUT2D eigenvalue weighted by molar-refractivity contribution is 1.34. The molecule has 0 bridgehead atoms. The SMILES string of the molecule is Cc1cc(C)c(B(c2ccc(-c3cc4cc5sc(-c6ccc(B(c7c(C)cc(C)cc7C)c7c(C)cc(C)cc7C)s6)cc5cc4s3)s2)c2c(C)cc(C)cc2C)c(C)c1. The number of rotatable bonds is 8. The van der Waals surface area contributed by atoms with Crippen LogP contribution in [0.4, 0.5) is 0 Å². The van der Waals surface area contributed by atoms with Crippen molar-refractivity contribution in [1.82, 2.24) is 0 Å². The standard InChI is InChI=1S/C54H52B2S4/c1-29-17-33(5)51(34(6)18-29)55(52-35(7)19-30(2)20-36(52)8)49-15-13-43(59-49)47-27-41-25-46-42(26-45(41)57-47)28-48(58-46)44-14-16-50(60-44)56(53-37(9)21-31(3)22-38(53)10)54-39(11)23-32(4)24-40(54)12/h13-28H,1-12H3. The second-order valence-corrected chi connectivity index (χ2v) is 22.1. The highest BCUT2D eigenvalue weighted by Gasteiger charge is 2.32. The van der Waals surface area contributed by atoms with Crippen LogP contribution in [0.1, 0.15) is 66.8 Å². The molecule has 9 aromatic rings. The van der Waals surface area contributed by atoms with Gasteiger partial charge >= 0.3 is 0 Å². The summed E-state index contributed by atoms with van der Waals surface area (Å²) in [6.07, 6.45) is 0. The van der Waals surface area contributed by atoms with E-state index < -0.39 is 0 Å². The molecule has 0 atom stereocenters. The number of hydrogen-bond donors (Lipinski definition) is 0. The third-order valence-electron chi connectivity index (χ3n) is 12.6. The van der Waals surface area contributed by atoms with Crippen molar-refractivity contribution in [3.8, 4) is 19.5 Å². The molecule has 0 radical (unpaired) electrons. The van der Waals surface area contributed by atoms with E-state index in [0.29, 0.717) is 0 Å². The van der Waals surface area contributed by atoms with Gasteiger partial charge in [0.15, 0.2) is 0 Å². The molecule has 0 saturated carbocycles. The zero-order valence-electron chi connectivity index (χ0n) is 37.0. The summed E-state index contributed by atoms with van der Waals surface area (Å²) < 4.78 is 5.53. The summed E-state index contributed by atoms with van der Waals surface area (Å²) in [6, 6.07) is 38.2. The first-order valence-corrected chi connectivity index (χ1v) is 24.4. The molecule has 0 aliphatic rings. The fourth-order valence-electron chi connectivity index (χ4n) is 10.5. The van der Waals surface area contributed by atoms with Crippen LogP contribution in [0.5, 0.6) is 0 Å². The molecule has 0 unspecified atom stereocenters. The van der Waals surface area contributed by atoms with Crippen molar-refractivity contribution < 1.29 is 0 Å². The van der Waals surface area contributed by atoms with Crippen LogP contribution in [0.3, 0.4) is 0 Å². The van der Waals surface area contributed by atoms with Crippen LogP contribution in [0, 0.1) is 83.1 Å². The summed E-state index contributed by atoms with van der Waals surface area (Å²) in [6.45, 7) is 27.7. The molecule has 0 N–H and O–H groups in total. The van der Waals surface area contributed by atoms with Gasteiger partial charge in [-0.15, -0.1) is 45.3 Å². The van der Waals surface area contributed by atoms with E-state index in [-0.39, 0.29) is 13.4 Å². The Kier molecular flexibility index (Phi) is 10.8. The van der Waals surface area contributed by atoms with Crippen LogP contribution in [-0.4, -0.2) is 13.4 Å². The molecule has 4 aromatic heterocycles. The number of hydrogen-bond acceptors (Lipinski definition) is 4. The average molecular weight is 851 g/mol. The molecule has 0 fully saturated rings. The molecule has 4 heterocycles. The predicted octanol–water partition coefficient (Wildman–Crippen LogP) is 12.3. The fraction of sp³-hybridized carbons (Fsp3) is 0.222. The van der Waals surface area contributed by atoms with E-state index in [9.17, 15) is 0 Å². The predicted molar refractivity (Wildman–Crippen MR) is 276 cm³/mol. The first-order valence-electron chi connectivity index (χ1n) is 21.1. The van der Waals surface area contributed by atoms with E-state index in [0.717, 1.165) is 0 Å². The summed E-state index contributed by atoms with van der Waals surface area (Å²) in [7, 11) is 0. The smallest absolute Gasteiger partial charge is 0.148 e. The van der Waals surface area contributed by atoms with Crippen LogP contribution in [0.25, 0.3) is 39.7 Å². The van der Waals surface area contributed by atoms with E-state index in [1.807, 2.05) is 45.3 Å². The lowest BCUT2D eigenvalue weighted by Crippen LogP contribution is -2.54. The third kappa shape index (κ3) is 7.38. The zero-order chi connectivity index (χ0) is 42.3. The highest BCUT2D eigenvalue weighted by Crippen LogP contribution is 2.42. The van der Waals surface area contributed by atoms with Gasteiger partial charge in [-0.05, 0) is 140 Å². The molecular formula is C54H52B2S4. The summed E-state index contributed by atoms with van der Waals surface area (Å²) in [5.74, 6) is 0. The van der Waals surface area contributed by atoms with Crippen molar-refractivity contribution in [3.05, 3.63) is 164 Å². The lowest BCUT2D eigenvalue weighted by atomic mass is 9.37. The number of fused-ring (bicyclic) bond motifs is 2. The van der Waals surface area contributed by atoms with Gasteiger partial charge in [0.2, 0.25) is 0 Å². The largest absolute Gasteiger partial charge is 0.255 e. The maximum Gasteiger partial charge on any atom is 0.255 e. The van der Waals surface area contributed by atoms with E-state index >= 15 is 0 Å². The minimum Gasteiger partial charge on any atom is -0.148 e. The molecule has 60 heavy (non-hydrogen) atoms. The van der Waals surface area contributed by atoms with Crippen LogP contribution in [0.15, 0.2) is 97.1 Å². The van der Waals surface area contributed by atoms with Crippen LogP contribution < -0.4 is 31.4 Å². The Labute approximate surface area is 374 Å². The first kappa shape index (κ1) is 40.9. The van der Waals surface area contributed by atoms with Crippen LogP contribution >= 0.6 is 45.3 Å². The fourth-order valence-corrected chi connectivity index (χ4v) is 15.1. The Bertz CT molecular complexity index is 2680. The van der Waals surface area contributed by atoms with E-state index in [4.69, 9.17) is 0 Å². The lowest BCUT2D eigenvalue weighted by Gasteiger charge is -2.23. The number of thiophene rings is 4. The second kappa shape index (κ2) is 15.8. The zero-order valence-corrected chi connectivity index (χ0v) is 40.3. The Morgan fingerprint density at radius 3 is 0.817 bits per heavy atom. The summed E-state index contributed by atoms with van der Waals surface area (Å²) in [5, 5.41) is 2.67. The quantitative estimate of drug-likeness (QED) is 0.134. The maximum absolute atomic E-state index is 2.43. The molecule has 0 spiro atoms. The topological polar surface area (TPSA) is 0 Å². The molecule has 6 heteroatoms. The van der Waals surface area contributed by atoms with Gasteiger partial charge in [-0.25, -0.2) is 0 Å². The highest BCUT2D eigenvalue weighted by molar-refractivity contribution is 7.33. The minimum atomic E-state index is 0.200. The Hall–Kier alpha value is -4.45. The summed E-state index contributed by atoms with van der Waals surface area (Å²) >= 11 is 7.80. The maximum atomic E-state index is 2.43. The molecule has 0 saturated heterocycles. The van der Waals surface area contributed by atoms with Crippen LogP contribution in [0.2, 0.25) is 0 Å². The molecular weight excluding hydrogens is 798 g/mol. The van der Waals surface area contributed by atoms with Gasteiger partial charge in [-0.1, -0.05) is 149 Å². The normalized spacial score (nSPS) is 11.7. The number of aryl methyl sites for hydroxylation is 12. The van der Waals surface area contributed by atoms with E-state index in [1.165, 1.54) is 138 Å². The van der Waals surface area contributed by atoms with Crippen molar-refractivity contribution >= 4 is 110 Å². The van der Waals surface area contributed by atoms with Gasteiger partial charge < -0.3 is 0 Å². The van der Waals surface area contributed by atoms with Crippen molar-refractivity contribution in [3.63, 3.8) is 0 Å².